The number of anilines is 2. The van der Waals surface area contributed by atoms with E-state index in [2.05, 4.69) is 22.1 Å². The Bertz CT molecular complexity index is 1820. The van der Waals surface area contributed by atoms with Crippen LogP contribution < -0.4 is 22.3 Å². The Morgan fingerprint density at radius 1 is 1.10 bits per heavy atom. The molecule has 0 unspecified atom stereocenters. The van der Waals surface area contributed by atoms with Gasteiger partial charge in [0.05, 0.1) is 28.4 Å². The number of aryl methyl sites for hydroxylation is 3. The number of nitrogen functional groups attached to an aromatic ring is 1. The summed E-state index contributed by atoms with van der Waals surface area (Å²) in [6.07, 6.45) is 5.64. The number of nitrogens with zero attached hydrogens (tertiary/aromatic N) is 6. The van der Waals surface area contributed by atoms with E-state index < -0.39 is 5.91 Å². The molecule has 1 amide bonds. The topological polar surface area (TPSA) is 169 Å². The van der Waals surface area contributed by atoms with Gasteiger partial charge in [0.1, 0.15) is 17.2 Å². The fraction of sp³-hybridized carbons (Fsp3) is 0.200. The number of nitrogens with one attached hydrogen (secondary N) is 1. The molecule has 0 bridgehead atoms. The van der Waals surface area contributed by atoms with Gasteiger partial charge in [0.2, 0.25) is 0 Å². The molecule has 3 heterocycles. The molecule has 0 aliphatic heterocycles. The summed E-state index contributed by atoms with van der Waals surface area (Å²) in [5, 5.41) is 11.4. The third-order valence-corrected chi connectivity index (χ3v) is 6.50. The van der Waals surface area contributed by atoms with Gasteiger partial charge in [-0.25, -0.2) is 4.98 Å². The first kappa shape index (κ1) is 29.5. The SMILES string of the molecule is C=CCNc1c(C(N)=O)c(N)nn1C.CCc1nc2cccc(CC(=O)c3cnn(C)c3)c2c(=O)n1-c1ccccc1. The van der Waals surface area contributed by atoms with E-state index in [-0.39, 0.29) is 29.1 Å². The number of hydrogen-bond acceptors (Lipinski definition) is 8. The van der Waals surface area contributed by atoms with E-state index in [1.165, 1.54) is 4.68 Å². The molecule has 12 nitrogen and oxygen atoms in total. The molecule has 0 fully saturated rings. The van der Waals surface area contributed by atoms with Crippen molar-refractivity contribution in [3.05, 3.63) is 106 Å². The highest BCUT2D eigenvalue weighted by molar-refractivity contribution is 6.02. The predicted molar refractivity (Wildman–Crippen MR) is 163 cm³/mol. The van der Waals surface area contributed by atoms with Gasteiger partial charge in [-0.1, -0.05) is 43.3 Å². The van der Waals surface area contributed by atoms with Crippen LogP contribution in [-0.2, 0) is 26.9 Å². The van der Waals surface area contributed by atoms with E-state index >= 15 is 0 Å². The lowest BCUT2D eigenvalue weighted by Crippen LogP contribution is -2.25. The number of amides is 1. The lowest BCUT2D eigenvalue weighted by atomic mass is 10.0. The summed E-state index contributed by atoms with van der Waals surface area (Å²) in [5.74, 6) is 0.661. The summed E-state index contributed by atoms with van der Waals surface area (Å²) in [5.41, 5.74) is 13.3. The molecule has 2 aromatic carbocycles. The Balaban J connectivity index is 0.000000244. The van der Waals surface area contributed by atoms with Gasteiger partial charge >= 0.3 is 0 Å². The number of fused-ring (bicyclic) bond motifs is 1. The van der Waals surface area contributed by atoms with Gasteiger partial charge in [-0.2, -0.15) is 10.2 Å². The Labute approximate surface area is 242 Å². The molecule has 0 saturated carbocycles. The van der Waals surface area contributed by atoms with Gasteiger partial charge in [-0.05, 0) is 23.8 Å². The number of Topliss-reactive ketones (excluding diaryl/α,β-unsaturated/α-hetero) is 1. The smallest absolute Gasteiger partial charge is 0.266 e. The van der Waals surface area contributed by atoms with Crippen molar-refractivity contribution in [3.63, 3.8) is 0 Å². The zero-order valence-electron chi connectivity index (χ0n) is 23.7. The van der Waals surface area contributed by atoms with Crippen LogP contribution in [0.4, 0.5) is 11.6 Å². The molecule has 0 spiro atoms. The van der Waals surface area contributed by atoms with E-state index in [0.29, 0.717) is 46.6 Å². The minimum Gasteiger partial charge on any atom is -0.381 e. The van der Waals surface area contributed by atoms with Crippen LogP contribution >= 0.6 is 0 Å². The zero-order valence-corrected chi connectivity index (χ0v) is 23.7. The fourth-order valence-corrected chi connectivity index (χ4v) is 4.57. The molecule has 216 valence electrons. The van der Waals surface area contributed by atoms with E-state index in [0.717, 1.165) is 5.69 Å². The second-order valence-corrected chi connectivity index (χ2v) is 9.44. The molecule has 42 heavy (non-hydrogen) atoms. The van der Waals surface area contributed by atoms with E-state index in [1.807, 2.05) is 55.5 Å². The van der Waals surface area contributed by atoms with Crippen LogP contribution in [-0.4, -0.2) is 47.3 Å². The van der Waals surface area contributed by atoms with Crippen LogP contribution in [0.2, 0.25) is 0 Å². The lowest BCUT2D eigenvalue weighted by molar-refractivity contribution is 0.0988. The van der Waals surface area contributed by atoms with Crippen LogP contribution in [0.3, 0.4) is 0 Å². The average Bonchev–Trinajstić information content (AvgIpc) is 3.53. The molecule has 0 radical (unpaired) electrons. The maximum atomic E-state index is 13.4. The molecule has 5 N–H and O–H groups in total. The molecule has 0 aliphatic carbocycles. The summed E-state index contributed by atoms with van der Waals surface area (Å²) >= 11 is 0. The molecule has 0 aliphatic rings. The number of carbonyl (C=O) groups excluding carboxylic acids is 2. The molecule has 3 aromatic heterocycles. The van der Waals surface area contributed by atoms with Gasteiger partial charge in [0, 0.05) is 39.7 Å². The highest BCUT2D eigenvalue weighted by Gasteiger charge is 2.19. The first-order chi connectivity index (χ1) is 20.2. The predicted octanol–water partition coefficient (Wildman–Crippen LogP) is 2.81. The first-order valence-electron chi connectivity index (χ1n) is 13.2. The molecular weight excluding hydrogens is 534 g/mol. The number of carbonyl (C=O) groups is 2. The van der Waals surface area contributed by atoms with Gasteiger partial charge in [-0.15, -0.1) is 6.58 Å². The summed E-state index contributed by atoms with van der Waals surface area (Å²) < 4.78 is 4.70. The molecule has 0 saturated heterocycles. The molecule has 12 heteroatoms. The van der Waals surface area contributed by atoms with Crippen LogP contribution in [0.1, 0.15) is 39.0 Å². The molecule has 5 rings (SSSR count). The average molecular weight is 568 g/mol. The number of ketones is 1. The Kier molecular flexibility index (Phi) is 8.96. The minimum atomic E-state index is -0.595. The second-order valence-electron chi connectivity index (χ2n) is 9.44. The number of benzene rings is 2. The van der Waals surface area contributed by atoms with Crippen molar-refractivity contribution in [1.29, 1.82) is 0 Å². The van der Waals surface area contributed by atoms with E-state index in [1.54, 1.807) is 41.8 Å². The van der Waals surface area contributed by atoms with Crippen LogP contribution in [0.15, 0.2) is 78.4 Å². The van der Waals surface area contributed by atoms with Gasteiger partial charge in [0.25, 0.3) is 11.5 Å². The quantitative estimate of drug-likeness (QED) is 0.180. The maximum Gasteiger partial charge on any atom is 0.266 e. The number of rotatable bonds is 9. The summed E-state index contributed by atoms with van der Waals surface area (Å²) in [4.78, 5) is 41.9. The largest absolute Gasteiger partial charge is 0.381 e. The number of aromatic nitrogens is 6. The van der Waals surface area contributed by atoms with Gasteiger partial charge in [-0.3, -0.25) is 28.3 Å². The van der Waals surface area contributed by atoms with E-state index in [4.69, 9.17) is 16.5 Å². The van der Waals surface area contributed by atoms with Crippen molar-refractivity contribution in [2.24, 2.45) is 19.8 Å². The fourth-order valence-electron chi connectivity index (χ4n) is 4.57. The van der Waals surface area contributed by atoms with Crippen molar-refractivity contribution in [3.8, 4) is 5.69 Å². The van der Waals surface area contributed by atoms with Crippen molar-refractivity contribution < 1.29 is 9.59 Å². The normalized spacial score (nSPS) is 10.6. The first-order valence-corrected chi connectivity index (χ1v) is 13.2. The van der Waals surface area contributed by atoms with Crippen molar-refractivity contribution in [1.82, 2.24) is 29.1 Å². The monoisotopic (exact) mass is 567 g/mol. The van der Waals surface area contributed by atoms with Crippen LogP contribution in [0.25, 0.3) is 16.6 Å². The van der Waals surface area contributed by atoms with Gasteiger partial charge in [0.15, 0.2) is 11.6 Å². The Morgan fingerprint density at radius 3 is 2.45 bits per heavy atom. The van der Waals surface area contributed by atoms with Crippen molar-refractivity contribution in [2.75, 3.05) is 17.6 Å². The van der Waals surface area contributed by atoms with Crippen molar-refractivity contribution >= 4 is 34.2 Å². The van der Waals surface area contributed by atoms with Gasteiger partial charge < -0.3 is 16.8 Å². The highest BCUT2D eigenvalue weighted by atomic mass is 16.1. The minimum absolute atomic E-state index is 0.0779. The maximum absolute atomic E-state index is 13.4. The lowest BCUT2D eigenvalue weighted by Gasteiger charge is -2.14. The zero-order chi connectivity index (χ0) is 30.4. The third kappa shape index (κ3) is 6.12. The van der Waals surface area contributed by atoms with Crippen LogP contribution in [0.5, 0.6) is 0 Å². The third-order valence-electron chi connectivity index (χ3n) is 6.50. The summed E-state index contributed by atoms with van der Waals surface area (Å²) in [6, 6.07) is 14.9. The molecule has 5 aromatic rings. The standard InChI is InChI=1S/C22H20N4O2.C8H13N5O/c1-3-20-24-18-11-7-8-15(12-19(27)16-13-23-25(2)14-16)21(18)22(28)26(20)17-9-5-4-6-10-17;1-3-4-11-8-5(7(10)14)6(9)12-13(8)2/h4-11,13-14H,3,12H2,1-2H3;3,11H,1,4H2,2H3,(H2,9,12)(H2,10,14). The molecule has 0 atom stereocenters. The number of para-hydroxylation sites is 1. The number of hydrogen-bond donors (Lipinski definition) is 3. The molecular formula is C30H33N9O3. The van der Waals surface area contributed by atoms with Crippen molar-refractivity contribution in [2.45, 2.75) is 19.8 Å². The van der Waals surface area contributed by atoms with Crippen LogP contribution in [0, 0.1) is 0 Å². The Hall–Kier alpha value is -5.52. The van der Waals surface area contributed by atoms with E-state index in [9.17, 15) is 14.4 Å². The second kappa shape index (κ2) is 12.8. The highest BCUT2D eigenvalue weighted by Crippen LogP contribution is 2.20. The summed E-state index contributed by atoms with van der Waals surface area (Å²) in [6.45, 7) is 6.04. The summed E-state index contributed by atoms with van der Waals surface area (Å²) in [7, 11) is 3.44. The Morgan fingerprint density at radius 2 is 1.83 bits per heavy atom. The number of primary amides is 1. The number of nitrogens with two attached hydrogens (primary N) is 2.